The minimum atomic E-state index is 0.640. The monoisotopic (exact) mass is 286 g/mol. The van der Waals surface area contributed by atoms with Gasteiger partial charge in [0.1, 0.15) is 0 Å². The maximum Gasteiger partial charge on any atom is 0.0406 e. The van der Waals surface area contributed by atoms with Crippen LogP contribution < -0.4 is 10.2 Å². The molecule has 1 unspecified atom stereocenters. The third kappa shape index (κ3) is 3.11. The first kappa shape index (κ1) is 14.9. The van der Waals surface area contributed by atoms with Gasteiger partial charge in [-0.05, 0) is 82.2 Å². The Kier molecular flexibility index (Phi) is 4.84. The van der Waals surface area contributed by atoms with Crippen molar-refractivity contribution in [3.05, 3.63) is 29.3 Å². The molecule has 0 radical (unpaired) electrons. The third-order valence-electron chi connectivity index (χ3n) is 5.42. The Morgan fingerprint density at radius 3 is 2.71 bits per heavy atom. The Bertz CT molecular complexity index is 463. The topological polar surface area (TPSA) is 15.3 Å². The highest BCUT2D eigenvalue weighted by Crippen LogP contribution is 2.34. The number of hydrogen-bond donors (Lipinski definition) is 1. The molecule has 0 bridgehead atoms. The van der Waals surface area contributed by atoms with E-state index in [4.69, 9.17) is 0 Å². The molecule has 1 aromatic rings. The van der Waals surface area contributed by atoms with Crippen LogP contribution in [0, 0.1) is 0 Å². The van der Waals surface area contributed by atoms with Gasteiger partial charge < -0.3 is 10.2 Å². The Morgan fingerprint density at radius 2 is 1.95 bits per heavy atom. The van der Waals surface area contributed by atoms with Gasteiger partial charge in [0.25, 0.3) is 0 Å². The first-order valence-corrected chi connectivity index (χ1v) is 8.91. The molecule has 1 fully saturated rings. The second-order valence-corrected chi connectivity index (χ2v) is 6.77. The summed E-state index contributed by atoms with van der Waals surface area (Å²) >= 11 is 0. The Hall–Kier alpha value is -1.02. The lowest BCUT2D eigenvalue weighted by Crippen LogP contribution is -2.47. The van der Waals surface area contributed by atoms with Crippen LogP contribution >= 0.6 is 0 Å². The average Bonchev–Trinajstić information content (AvgIpc) is 2.56. The van der Waals surface area contributed by atoms with Crippen LogP contribution in [0.5, 0.6) is 0 Å². The number of aryl methyl sites for hydroxylation is 1. The predicted octanol–water partition coefficient (Wildman–Crippen LogP) is 3.92. The molecule has 0 saturated carbocycles. The van der Waals surface area contributed by atoms with Crippen molar-refractivity contribution in [2.24, 2.45) is 0 Å². The number of benzene rings is 1. The van der Waals surface area contributed by atoms with Gasteiger partial charge in [-0.25, -0.2) is 0 Å². The van der Waals surface area contributed by atoms with Crippen LogP contribution in [-0.4, -0.2) is 25.2 Å². The molecule has 116 valence electrons. The summed E-state index contributed by atoms with van der Waals surface area (Å²) in [6.07, 6.45) is 9.10. The van der Waals surface area contributed by atoms with Crippen molar-refractivity contribution >= 4 is 5.69 Å². The molecule has 0 spiro atoms. The second kappa shape index (κ2) is 6.83. The summed E-state index contributed by atoms with van der Waals surface area (Å²) in [4.78, 5) is 2.77. The molecule has 1 aliphatic heterocycles. The average molecular weight is 286 g/mol. The van der Waals surface area contributed by atoms with Gasteiger partial charge >= 0.3 is 0 Å². The summed E-state index contributed by atoms with van der Waals surface area (Å²) < 4.78 is 0. The highest BCUT2D eigenvalue weighted by molar-refractivity contribution is 5.59. The fourth-order valence-corrected chi connectivity index (χ4v) is 4.08. The van der Waals surface area contributed by atoms with E-state index in [1.165, 1.54) is 58.0 Å². The van der Waals surface area contributed by atoms with Crippen LogP contribution in [0.3, 0.4) is 0 Å². The van der Waals surface area contributed by atoms with E-state index in [0.717, 1.165) is 6.04 Å². The fraction of sp³-hybridized carbons (Fsp3) is 0.684. The van der Waals surface area contributed by atoms with Crippen molar-refractivity contribution in [3.63, 3.8) is 0 Å². The van der Waals surface area contributed by atoms with Crippen LogP contribution in [0.15, 0.2) is 18.2 Å². The van der Waals surface area contributed by atoms with Crippen LogP contribution in [0.25, 0.3) is 0 Å². The maximum absolute atomic E-state index is 3.51. The lowest BCUT2D eigenvalue weighted by atomic mass is 9.88. The predicted molar refractivity (Wildman–Crippen MR) is 91.2 cm³/mol. The van der Waals surface area contributed by atoms with Gasteiger partial charge in [0, 0.05) is 17.8 Å². The van der Waals surface area contributed by atoms with Crippen molar-refractivity contribution in [1.29, 1.82) is 0 Å². The molecule has 1 saturated heterocycles. The summed E-state index contributed by atoms with van der Waals surface area (Å²) in [5.41, 5.74) is 4.82. The highest BCUT2D eigenvalue weighted by Gasteiger charge is 2.27. The van der Waals surface area contributed by atoms with Gasteiger partial charge in [0.15, 0.2) is 0 Å². The van der Waals surface area contributed by atoms with Crippen molar-refractivity contribution < 1.29 is 0 Å². The molecule has 0 aromatic heterocycles. The molecule has 2 nitrogen and oxygen atoms in total. The van der Waals surface area contributed by atoms with Crippen molar-refractivity contribution in [2.45, 2.75) is 70.9 Å². The normalized spacial score (nSPS) is 20.9. The minimum Gasteiger partial charge on any atom is -0.366 e. The van der Waals surface area contributed by atoms with E-state index in [-0.39, 0.29) is 0 Å². The standard InChI is InChI=1S/C19H30N2/c1-3-15(2)21(17-11-13-20-14-12-17)19-10-6-8-16-7-4-5-9-18(16)19/h6,8,10,15,17,20H,3-5,7,9,11-14H2,1-2H3. The zero-order valence-electron chi connectivity index (χ0n) is 13.7. The van der Waals surface area contributed by atoms with Crippen LogP contribution in [0.1, 0.15) is 57.1 Å². The van der Waals surface area contributed by atoms with Crippen molar-refractivity contribution in [1.82, 2.24) is 5.32 Å². The van der Waals surface area contributed by atoms with Crippen molar-refractivity contribution in [2.75, 3.05) is 18.0 Å². The molecule has 1 aliphatic carbocycles. The molecule has 2 heteroatoms. The quantitative estimate of drug-likeness (QED) is 0.902. The van der Waals surface area contributed by atoms with Gasteiger partial charge in [-0.3, -0.25) is 0 Å². The number of nitrogens with zero attached hydrogens (tertiary/aromatic N) is 1. The number of fused-ring (bicyclic) bond motifs is 1. The number of hydrogen-bond acceptors (Lipinski definition) is 2. The molecule has 3 rings (SSSR count). The van der Waals surface area contributed by atoms with Crippen LogP contribution in [0.2, 0.25) is 0 Å². The Balaban J connectivity index is 1.95. The van der Waals surface area contributed by atoms with E-state index >= 15 is 0 Å². The third-order valence-corrected chi connectivity index (χ3v) is 5.42. The summed E-state index contributed by atoms with van der Waals surface area (Å²) in [5, 5.41) is 3.51. The van der Waals surface area contributed by atoms with Crippen LogP contribution in [0.4, 0.5) is 5.69 Å². The maximum atomic E-state index is 3.51. The molecule has 1 atom stereocenters. The Labute approximate surface area is 129 Å². The van der Waals surface area contributed by atoms with E-state index in [1.54, 1.807) is 16.8 Å². The first-order valence-electron chi connectivity index (χ1n) is 8.91. The lowest BCUT2D eigenvalue weighted by molar-refractivity contribution is 0.401. The van der Waals surface area contributed by atoms with Gasteiger partial charge in [0.2, 0.25) is 0 Å². The molecule has 1 N–H and O–H groups in total. The number of piperidine rings is 1. The zero-order valence-corrected chi connectivity index (χ0v) is 13.7. The Morgan fingerprint density at radius 1 is 1.19 bits per heavy atom. The van der Waals surface area contributed by atoms with Gasteiger partial charge in [0.05, 0.1) is 0 Å². The lowest BCUT2D eigenvalue weighted by Gasteiger charge is -2.42. The number of anilines is 1. The van der Waals surface area contributed by atoms with Gasteiger partial charge in [-0.15, -0.1) is 0 Å². The molecular weight excluding hydrogens is 256 g/mol. The summed E-state index contributed by atoms with van der Waals surface area (Å²) in [5.74, 6) is 0. The van der Waals surface area contributed by atoms with E-state index in [9.17, 15) is 0 Å². The summed E-state index contributed by atoms with van der Waals surface area (Å²) in [7, 11) is 0. The minimum absolute atomic E-state index is 0.640. The number of nitrogens with one attached hydrogen (secondary N) is 1. The second-order valence-electron chi connectivity index (χ2n) is 6.77. The smallest absolute Gasteiger partial charge is 0.0406 e. The molecule has 1 aromatic carbocycles. The molecular formula is C19H30N2. The zero-order chi connectivity index (χ0) is 14.7. The SMILES string of the molecule is CCC(C)N(c1cccc2c1CCCC2)C1CCNCC1. The molecule has 21 heavy (non-hydrogen) atoms. The molecule has 0 amide bonds. The summed E-state index contributed by atoms with van der Waals surface area (Å²) in [6.45, 7) is 7.08. The summed E-state index contributed by atoms with van der Waals surface area (Å²) in [6, 6.07) is 8.39. The molecule has 2 aliphatic rings. The number of rotatable bonds is 4. The fourth-order valence-electron chi connectivity index (χ4n) is 4.08. The first-order chi connectivity index (χ1) is 10.3. The van der Waals surface area contributed by atoms with Gasteiger partial charge in [-0.1, -0.05) is 19.1 Å². The van der Waals surface area contributed by atoms with E-state index in [1.807, 2.05) is 0 Å². The van der Waals surface area contributed by atoms with E-state index in [0.29, 0.717) is 6.04 Å². The van der Waals surface area contributed by atoms with E-state index < -0.39 is 0 Å². The van der Waals surface area contributed by atoms with E-state index in [2.05, 4.69) is 42.3 Å². The van der Waals surface area contributed by atoms with Crippen molar-refractivity contribution in [3.8, 4) is 0 Å². The van der Waals surface area contributed by atoms with Gasteiger partial charge in [-0.2, -0.15) is 0 Å². The molecule has 1 heterocycles. The largest absolute Gasteiger partial charge is 0.366 e. The van der Waals surface area contributed by atoms with Crippen LogP contribution in [-0.2, 0) is 12.8 Å². The highest BCUT2D eigenvalue weighted by atomic mass is 15.2.